The van der Waals surface area contributed by atoms with Gasteiger partial charge in [0.05, 0.1) is 0 Å². The first kappa shape index (κ1) is 18.6. The summed E-state index contributed by atoms with van der Waals surface area (Å²) in [6, 6.07) is 0. The Morgan fingerprint density at radius 1 is 0.579 bits per heavy atom. The molecule has 0 aliphatic heterocycles. The van der Waals surface area contributed by atoms with Crippen molar-refractivity contribution in [1.29, 1.82) is 0 Å². The first-order valence-corrected chi connectivity index (χ1v) is 6.42. The summed E-state index contributed by atoms with van der Waals surface area (Å²) in [7, 11) is 0. The quantitative estimate of drug-likeness (QED) is 0.521. The smallest absolute Gasteiger partial charge is 0 e. The Kier molecular flexibility index (Phi) is 9.24. The van der Waals surface area contributed by atoms with Crippen molar-refractivity contribution in [1.82, 2.24) is 0 Å². The van der Waals surface area contributed by atoms with Gasteiger partial charge in [0.15, 0.2) is 0 Å². The Balaban J connectivity index is 0.000000331. The monoisotopic (exact) mass is 405 g/mol. The number of hydrogen-bond acceptors (Lipinski definition) is 0. The maximum Gasteiger partial charge on any atom is 0 e. The molecule has 0 N–H and O–H groups in total. The van der Waals surface area contributed by atoms with E-state index in [1.807, 2.05) is 48.6 Å². The van der Waals surface area contributed by atoms with Gasteiger partial charge in [-0.2, -0.15) is 27.8 Å². The van der Waals surface area contributed by atoms with E-state index in [4.69, 9.17) is 0 Å². The van der Waals surface area contributed by atoms with Crippen molar-refractivity contribution in [3.8, 4) is 0 Å². The van der Waals surface area contributed by atoms with Gasteiger partial charge in [-0.1, -0.05) is 83.2 Å². The van der Waals surface area contributed by atoms with Crippen LogP contribution in [0.25, 0.3) is 0 Å². The molecule has 0 nitrogen and oxygen atoms in total. The second-order valence-electron chi connectivity index (χ2n) is 4.66. The van der Waals surface area contributed by atoms with Gasteiger partial charge in [-0.3, -0.25) is 0 Å². The van der Waals surface area contributed by atoms with Crippen molar-refractivity contribution in [2.24, 2.45) is 0 Å². The zero-order valence-electron chi connectivity index (χ0n) is 12.4. The van der Waals surface area contributed by atoms with E-state index in [2.05, 4.69) is 34.6 Å². The molecule has 0 atom stereocenters. The number of rotatable bonds is 0. The Morgan fingerprint density at radius 3 is 0.895 bits per heavy atom. The fourth-order valence-corrected chi connectivity index (χ4v) is 1.92. The van der Waals surface area contributed by atoms with Crippen molar-refractivity contribution in [3.05, 3.63) is 76.4 Å². The molecule has 0 heterocycles. The van der Waals surface area contributed by atoms with Gasteiger partial charge in [0.1, 0.15) is 0 Å². The van der Waals surface area contributed by atoms with Crippen molar-refractivity contribution in [3.63, 3.8) is 0 Å². The van der Waals surface area contributed by atoms with Crippen LogP contribution in [-0.2, 0) is 0 Å². The minimum Gasteiger partial charge on any atom is -0.196 e. The van der Waals surface area contributed by atoms with Crippen LogP contribution in [0.1, 0.15) is 27.8 Å². The van der Waals surface area contributed by atoms with Gasteiger partial charge in [-0.05, 0) is 0 Å². The summed E-state index contributed by atoms with van der Waals surface area (Å²) in [5, 5.41) is 0. The Hall–Kier alpha value is -0.443. The molecular formula is C18H23Er-. The average molecular weight is 407 g/mol. The Bertz CT molecular complexity index is 372. The molecule has 0 fully saturated rings. The van der Waals surface area contributed by atoms with Crippen LogP contribution in [-0.4, -0.2) is 0 Å². The van der Waals surface area contributed by atoms with E-state index in [1.54, 1.807) is 0 Å². The molecule has 1 aliphatic rings. The van der Waals surface area contributed by atoms with E-state index in [0.29, 0.717) is 0 Å². The minimum absolute atomic E-state index is 0. The second-order valence-corrected chi connectivity index (χ2v) is 4.66. The first-order valence-electron chi connectivity index (χ1n) is 6.42. The summed E-state index contributed by atoms with van der Waals surface area (Å²) in [6.45, 7) is 11.0. The summed E-state index contributed by atoms with van der Waals surface area (Å²) in [5.41, 5.74) is 7.34. The van der Waals surface area contributed by atoms with Crippen LogP contribution in [0.5, 0.6) is 0 Å². The molecule has 0 spiro atoms. The summed E-state index contributed by atoms with van der Waals surface area (Å²) in [4.78, 5) is 0. The van der Waals surface area contributed by atoms with Crippen LogP contribution < -0.4 is 0 Å². The van der Waals surface area contributed by atoms with Crippen LogP contribution in [0, 0.1) is 71.9 Å². The third-order valence-electron chi connectivity index (χ3n) is 3.70. The molecule has 2 rings (SSSR count). The molecule has 108 valence electrons. The van der Waals surface area contributed by atoms with Gasteiger partial charge >= 0.3 is 0 Å². The molecule has 1 aliphatic carbocycles. The number of allylic oxidation sites excluding steroid dienone is 8. The third kappa shape index (κ3) is 5.60. The molecule has 0 aromatic heterocycles. The van der Waals surface area contributed by atoms with Gasteiger partial charge < -0.3 is 0 Å². The van der Waals surface area contributed by atoms with Gasteiger partial charge in [0.25, 0.3) is 0 Å². The standard InChI is InChI=1S/C10H15.C8H8.Er/c1-6-7(2)9(4)10(5)8(6)3;1-2-4-6-8-7-5-3-1;/h1-5H3;1-8H;/q-1;;/b;2-1-,3-1?,4-2?,5-3-,6-4-,7-5?,8-6?,8-7-;. The molecule has 0 saturated carbocycles. The maximum atomic E-state index is 2.20. The van der Waals surface area contributed by atoms with Crippen molar-refractivity contribution >= 4 is 0 Å². The molecule has 1 aromatic carbocycles. The maximum absolute atomic E-state index is 2.20. The van der Waals surface area contributed by atoms with Crippen LogP contribution in [0.3, 0.4) is 0 Å². The summed E-state index contributed by atoms with van der Waals surface area (Å²) in [6.07, 6.45) is 16.0. The Morgan fingerprint density at radius 2 is 0.789 bits per heavy atom. The largest absolute Gasteiger partial charge is 0.196 e. The first-order chi connectivity index (χ1) is 8.55. The second kappa shape index (κ2) is 9.46. The van der Waals surface area contributed by atoms with E-state index < -0.39 is 0 Å². The minimum atomic E-state index is 0. The molecule has 0 amide bonds. The molecule has 1 heteroatoms. The molecule has 0 saturated heterocycles. The summed E-state index contributed by atoms with van der Waals surface area (Å²) >= 11 is 0. The van der Waals surface area contributed by atoms with Crippen LogP contribution in [0.15, 0.2) is 48.6 Å². The van der Waals surface area contributed by atoms with Crippen molar-refractivity contribution < 1.29 is 37.3 Å². The molecule has 1 aromatic rings. The molecule has 19 heavy (non-hydrogen) atoms. The fourth-order valence-electron chi connectivity index (χ4n) is 1.92. The van der Waals surface area contributed by atoms with Crippen molar-refractivity contribution in [2.75, 3.05) is 0 Å². The fraction of sp³-hybridized carbons (Fsp3) is 0.278. The topological polar surface area (TPSA) is 0 Å². The SMILES string of the molecule is C1=C\C=C/C=C\C=C/1.Cc1c(C)c(C)[c-](C)c1C.[Er]. The zero-order valence-corrected chi connectivity index (χ0v) is 14.3. The van der Waals surface area contributed by atoms with E-state index in [9.17, 15) is 0 Å². The van der Waals surface area contributed by atoms with Gasteiger partial charge in [-0.25, -0.2) is 0 Å². The van der Waals surface area contributed by atoms with Gasteiger partial charge in [0, 0.05) is 37.3 Å². The predicted molar refractivity (Wildman–Crippen MR) is 82.3 cm³/mol. The molecule has 0 unspecified atom stereocenters. The predicted octanol–water partition coefficient (Wildman–Crippen LogP) is 5.17. The Labute approximate surface area is 147 Å². The third-order valence-corrected chi connectivity index (χ3v) is 3.70. The van der Waals surface area contributed by atoms with Crippen molar-refractivity contribution in [2.45, 2.75) is 34.6 Å². The number of hydrogen-bond donors (Lipinski definition) is 0. The van der Waals surface area contributed by atoms with Gasteiger partial charge in [-0.15, -0.1) is 0 Å². The summed E-state index contributed by atoms with van der Waals surface area (Å²) in [5.74, 6) is 0. The van der Waals surface area contributed by atoms with E-state index in [1.165, 1.54) is 27.8 Å². The van der Waals surface area contributed by atoms with Crippen LogP contribution in [0.2, 0.25) is 0 Å². The molecular weight excluding hydrogens is 383 g/mol. The van der Waals surface area contributed by atoms with Gasteiger partial charge in [0.2, 0.25) is 0 Å². The molecule has 0 bridgehead atoms. The van der Waals surface area contributed by atoms with E-state index in [0.717, 1.165) is 0 Å². The zero-order chi connectivity index (χ0) is 13.5. The summed E-state index contributed by atoms with van der Waals surface area (Å²) < 4.78 is 0. The van der Waals surface area contributed by atoms with E-state index in [-0.39, 0.29) is 37.3 Å². The normalized spacial score (nSPS) is 19.0. The van der Waals surface area contributed by atoms with E-state index >= 15 is 0 Å². The molecule has 0 radical (unpaired) electrons. The van der Waals surface area contributed by atoms with Crippen LogP contribution in [0.4, 0.5) is 0 Å². The van der Waals surface area contributed by atoms with Crippen LogP contribution >= 0.6 is 0 Å². The average Bonchev–Trinajstić information content (AvgIpc) is 2.48.